The van der Waals surface area contributed by atoms with Crippen molar-refractivity contribution in [3.05, 3.63) is 113 Å². The van der Waals surface area contributed by atoms with Gasteiger partial charge in [0.05, 0.1) is 30.5 Å². The molecule has 3 heterocycles. The zero-order chi connectivity index (χ0) is 29.8. The average molecular weight is 582 g/mol. The van der Waals surface area contributed by atoms with Gasteiger partial charge in [0.25, 0.3) is 0 Å². The summed E-state index contributed by atoms with van der Waals surface area (Å²) in [5.41, 5.74) is 7.43. The number of hydrogen-bond donors (Lipinski definition) is 2. The number of methoxy groups -OCH3 is 1. The van der Waals surface area contributed by atoms with Gasteiger partial charge in [-0.1, -0.05) is 31.2 Å². The molecule has 1 fully saturated rings. The van der Waals surface area contributed by atoms with Crippen LogP contribution in [0.3, 0.4) is 0 Å². The Bertz CT molecular complexity index is 1600. The zero-order valence-corrected chi connectivity index (χ0v) is 25.1. The molecule has 0 unspecified atom stereocenters. The summed E-state index contributed by atoms with van der Waals surface area (Å²) in [5, 5.41) is 7.15. The van der Waals surface area contributed by atoms with Crippen LogP contribution in [0.4, 0.5) is 5.69 Å². The van der Waals surface area contributed by atoms with Crippen LogP contribution in [0, 0.1) is 13.8 Å². The molecule has 9 heteroatoms. The van der Waals surface area contributed by atoms with Gasteiger partial charge in [-0.2, -0.15) is 0 Å². The third kappa shape index (κ3) is 5.78. The van der Waals surface area contributed by atoms with Crippen LogP contribution in [0.5, 0.6) is 0 Å². The average Bonchev–Trinajstić information content (AvgIpc) is 3.50. The van der Waals surface area contributed by atoms with E-state index in [1.54, 1.807) is 18.3 Å². The first-order valence-corrected chi connectivity index (χ1v) is 14.5. The number of nitrogens with zero attached hydrogens (tertiary/aromatic N) is 3. The van der Waals surface area contributed by atoms with Gasteiger partial charge in [0.2, 0.25) is 5.91 Å². The van der Waals surface area contributed by atoms with Gasteiger partial charge in [0, 0.05) is 41.9 Å². The molecule has 8 nitrogen and oxygen atoms in total. The zero-order valence-electron chi connectivity index (χ0n) is 24.3. The molecule has 0 saturated carbocycles. The fourth-order valence-corrected chi connectivity index (χ4v) is 6.05. The molecule has 0 spiro atoms. The number of aromatic nitrogens is 2. The number of para-hydroxylation sites is 1. The second kappa shape index (κ2) is 12.6. The van der Waals surface area contributed by atoms with Crippen molar-refractivity contribution in [1.29, 1.82) is 0 Å². The van der Waals surface area contributed by atoms with Gasteiger partial charge in [-0.05, 0) is 92.1 Å². The fraction of sp³-hybridized carbons (Fsp3) is 0.273. The minimum absolute atomic E-state index is 0.0603. The second-order valence-electron chi connectivity index (χ2n) is 10.3. The molecular formula is C33H35N5O3S. The van der Waals surface area contributed by atoms with Gasteiger partial charge in [-0.15, -0.1) is 0 Å². The van der Waals surface area contributed by atoms with Gasteiger partial charge in [0.1, 0.15) is 0 Å². The van der Waals surface area contributed by atoms with Crippen molar-refractivity contribution in [2.24, 2.45) is 0 Å². The molecule has 2 aromatic heterocycles. The van der Waals surface area contributed by atoms with E-state index in [2.05, 4.69) is 51.9 Å². The summed E-state index contributed by atoms with van der Waals surface area (Å²) in [6.07, 6.45) is 2.90. The van der Waals surface area contributed by atoms with Crippen molar-refractivity contribution < 1.29 is 14.3 Å². The molecule has 2 atom stereocenters. The van der Waals surface area contributed by atoms with Gasteiger partial charge in [0.15, 0.2) is 5.11 Å². The number of carbonyl (C=O) groups excluding carboxylic acids is 2. The summed E-state index contributed by atoms with van der Waals surface area (Å²) in [6, 6.07) is 22.9. The Morgan fingerprint density at radius 2 is 1.79 bits per heavy atom. The van der Waals surface area contributed by atoms with E-state index in [1.165, 1.54) is 7.11 Å². The van der Waals surface area contributed by atoms with Crippen molar-refractivity contribution in [2.75, 3.05) is 19.0 Å². The molecule has 1 saturated heterocycles. The Morgan fingerprint density at radius 1 is 1.05 bits per heavy atom. The number of nitrogens with one attached hydrogen (secondary N) is 2. The maximum absolute atomic E-state index is 13.1. The van der Waals surface area contributed by atoms with E-state index >= 15 is 0 Å². The molecule has 1 aliphatic rings. The lowest BCUT2D eigenvalue weighted by Crippen LogP contribution is -2.33. The lowest BCUT2D eigenvalue weighted by molar-refractivity contribution is -0.116. The third-order valence-electron chi connectivity index (χ3n) is 7.79. The number of amides is 1. The number of benzene rings is 2. The molecule has 1 amide bonds. The highest BCUT2D eigenvalue weighted by molar-refractivity contribution is 7.80. The van der Waals surface area contributed by atoms with Crippen LogP contribution in [0.15, 0.2) is 79.0 Å². The molecular weight excluding hydrogens is 546 g/mol. The number of hydrogen-bond acceptors (Lipinski definition) is 5. The summed E-state index contributed by atoms with van der Waals surface area (Å²) in [4.78, 5) is 31.8. The predicted octanol–water partition coefficient (Wildman–Crippen LogP) is 5.84. The molecule has 5 rings (SSSR count). The Balaban J connectivity index is 1.46. The van der Waals surface area contributed by atoms with E-state index in [4.69, 9.17) is 17.0 Å². The Morgan fingerprint density at radius 3 is 2.48 bits per heavy atom. The first-order valence-electron chi connectivity index (χ1n) is 14.1. The molecule has 4 aromatic rings. The van der Waals surface area contributed by atoms with Crippen molar-refractivity contribution in [3.8, 4) is 5.69 Å². The number of aryl methyl sites for hydroxylation is 2. The van der Waals surface area contributed by atoms with Crippen LogP contribution in [-0.4, -0.2) is 45.1 Å². The van der Waals surface area contributed by atoms with Crippen molar-refractivity contribution in [3.63, 3.8) is 0 Å². The number of thiocarbonyl (C=S) groups is 1. The Hall–Kier alpha value is -4.50. The van der Waals surface area contributed by atoms with Gasteiger partial charge in [-0.25, -0.2) is 4.79 Å². The Labute approximate surface area is 251 Å². The highest BCUT2D eigenvalue weighted by atomic mass is 32.1. The van der Waals surface area contributed by atoms with E-state index in [9.17, 15) is 9.59 Å². The first kappa shape index (κ1) is 29.0. The van der Waals surface area contributed by atoms with Gasteiger partial charge in [-0.3, -0.25) is 9.78 Å². The smallest absolute Gasteiger partial charge is 0.337 e. The SMILES string of the molecule is CCc1ccccc1NC(=O)CCN1C(=S)N[C@@H](c2ccccn2)[C@H]1c1cc(C)n(-c2ccc(C(=O)OC)cc2)c1C. The van der Waals surface area contributed by atoms with Crippen LogP contribution in [0.1, 0.15) is 64.0 Å². The maximum atomic E-state index is 13.1. The lowest BCUT2D eigenvalue weighted by Gasteiger charge is -2.28. The number of ether oxygens (including phenoxy) is 1. The standard InChI is InChI=1S/C33H35N5O3S/c1-5-23-10-6-7-11-27(23)35-29(39)17-19-37-31(30(36-33(37)42)28-12-8-9-18-34-28)26-20-21(2)38(22(26)3)25-15-13-24(14-16-25)32(40)41-4/h6-16,18,20,30-31H,5,17,19H2,1-4H3,(H,35,39)(H,36,42)/t30-,31+/m0/s1. The van der Waals surface area contributed by atoms with E-state index in [0.717, 1.165) is 46.0 Å². The summed E-state index contributed by atoms with van der Waals surface area (Å²) < 4.78 is 7.02. The topological polar surface area (TPSA) is 88.5 Å². The molecule has 2 N–H and O–H groups in total. The molecule has 216 valence electrons. The number of pyridine rings is 1. The normalized spacial score (nSPS) is 16.3. The molecule has 0 radical (unpaired) electrons. The molecule has 0 bridgehead atoms. The maximum Gasteiger partial charge on any atom is 0.337 e. The first-order chi connectivity index (χ1) is 20.3. The van der Waals surface area contributed by atoms with Crippen molar-refractivity contribution >= 4 is 34.9 Å². The largest absolute Gasteiger partial charge is 0.465 e. The van der Waals surface area contributed by atoms with E-state index in [0.29, 0.717) is 17.2 Å². The summed E-state index contributed by atoms with van der Waals surface area (Å²) >= 11 is 5.85. The van der Waals surface area contributed by atoms with Crippen LogP contribution in [0.2, 0.25) is 0 Å². The highest BCUT2D eigenvalue weighted by Gasteiger charge is 2.41. The number of rotatable bonds is 9. The molecule has 42 heavy (non-hydrogen) atoms. The number of esters is 1. The van der Waals surface area contributed by atoms with Gasteiger partial charge >= 0.3 is 5.97 Å². The molecule has 2 aromatic carbocycles. The van der Waals surface area contributed by atoms with Crippen molar-refractivity contribution in [2.45, 2.75) is 45.7 Å². The minimum atomic E-state index is -0.371. The monoisotopic (exact) mass is 581 g/mol. The highest BCUT2D eigenvalue weighted by Crippen LogP contribution is 2.41. The van der Waals surface area contributed by atoms with Crippen LogP contribution >= 0.6 is 12.2 Å². The van der Waals surface area contributed by atoms with E-state index in [1.807, 2.05) is 54.6 Å². The van der Waals surface area contributed by atoms with E-state index < -0.39 is 0 Å². The van der Waals surface area contributed by atoms with Crippen LogP contribution in [0.25, 0.3) is 5.69 Å². The minimum Gasteiger partial charge on any atom is -0.465 e. The summed E-state index contributed by atoms with van der Waals surface area (Å²) in [7, 11) is 1.38. The number of carbonyl (C=O) groups is 2. The summed E-state index contributed by atoms with van der Waals surface area (Å²) in [5.74, 6) is -0.431. The van der Waals surface area contributed by atoms with Crippen molar-refractivity contribution in [1.82, 2.24) is 19.8 Å². The second-order valence-corrected chi connectivity index (χ2v) is 10.7. The van der Waals surface area contributed by atoms with Crippen LogP contribution < -0.4 is 10.6 Å². The Kier molecular flexibility index (Phi) is 8.68. The van der Waals surface area contributed by atoms with Crippen LogP contribution in [-0.2, 0) is 16.0 Å². The van der Waals surface area contributed by atoms with E-state index in [-0.39, 0.29) is 30.4 Å². The fourth-order valence-electron chi connectivity index (χ4n) is 5.72. The lowest BCUT2D eigenvalue weighted by atomic mass is 9.96. The predicted molar refractivity (Wildman–Crippen MR) is 168 cm³/mol. The molecule has 0 aliphatic carbocycles. The summed E-state index contributed by atoms with van der Waals surface area (Å²) in [6.45, 7) is 6.66. The quantitative estimate of drug-likeness (QED) is 0.190. The van der Waals surface area contributed by atoms with Gasteiger partial charge < -0.3 is 24.8 Å². The third-order valence-corrected chi connectivity index (χ3v) is 8.14. The molecule has 1 aliphatic heterocycles. The number of anilines is 1.